The molecule has 0 saturated carbocycles. The van der Waals surface area contributed by atoms with E-state index in [4.69, 9.17) is 9.47 Å². The van der Waals surface area contributed by atoms with Gasteiger partial charge in [-0.3, -0.25) is 4.79 Å². The average Bonchev–Trinajstić information content (AvgIpc) is 2.14. The van der Waals surface area contributed by atoms with Crippen molar-refractivity contribution in [2.45, 2.75) is 13.8 Å². The topological polar surface area (TPSA) is 35.5 Å². The van der Waals surface area contributed by atoms with E-state index in [1.165, 1.54) is 0 Å². The van der Waals surface area contributed by atoms with E-state index in [-0.39, 0.29) is 5.78 Å². The molecule has 3 heteroatoms. The lowest BCUT2D eigenvalue weighted by molar-refractivity contribution is -0.118. The normalized spacial score (nSPS) is 16.1. The summed E-state index contributed by atoms with van der Waals surface area (Å²) in [4.78, 5) is 11.6. The average molecular weight is 194 g/mol. The van der Waals surface area contributed by atoms with Crippen LogP contribution in [-0.4, -0.2) is 19.0 Å². The number of Topliss-reactive ketones (excluding diaryl/α,β-unsaturated/α-hetero) is 1. The molecule has 0 fully saturated rings. The maximum absolute atomic E-state index is 11.6. The van der Waals surface area contributed by atoms with E-state index in [1.54, 1.807) is 12.2 Å². The summed E-state index contributed by atoms with van der Waals surface area (Å²) in [5, 5.41) is 0. The van der Waals surface area contributed by atoms with Gasteiger partial charge >= 0.3 is 0 Å². The number of ketones is 1. The Labute approximate surface area is 83.7 Å². The molecule has 1 aliphatic carbocycles. The molecule has 0 heterocycles. The van der Waals surface area contributed by atoms with Gasteiger partial charge < -0.3 is 9.47 Å². The second-order valence-corrected chi connectivity index (χ2v) is 2.79. The van der Waals surface area contributed by atoms with E-state index in [0.717, 1.165) is 5.57 Å². The Morgan fingerprint density at radius 1 is 1.14 bits per heavy atom. The van der Waals surface area contributed by atoms with E-state index < -0.39 is 0 Å². The van der Waals surface area contributed by atoms with E-state index in [1.807, 2.05) is 13.8 Å². The fourth-order valence-electron chi connectivity index (χ4n) is 1.16. The highest BCUT2D eigenvalue weighted by Gasteiger charge is 2.21. The summed E-state index contributed by atoms with van der Waals surface area (Å²) >= 11 is 0. The largest absolute Gasteiger partial charge is 0.490 e. The van der Waals surface area contributed by atoms with Gasteiger partial charge in [-0.2, -0.15) is 0 Å². The van der Waals surface area contributed by atoms with Crippen molar-refractivity contribution >= 4 is 5.78 Å². The molecule has 0 amide bonds. The third kappa shape index (κ3) is 2.25. The summed E-state index contributed by atoms with van der Waals surface area (Å²) < 4.78 is 10.3. The van der Waals surface area contributed by atoms with Gasteiger partial charge in [-0.15, -0.1) is 0 Å². The van der Waals surface area contributed by atoms with E-state index >= 15 is 0 Å². The SMILES string of the molecule is C=C1C=C(OCC)C(=O)C(OCC)=C1. The van der Waals surface area contributed by atoms with Gasteiger partial charge in [-0.1, -0.05) is 6.58 Å². The Morgan fingerprint density at radius 3 is 1.93 bits per heavy atom. The van der Waals surface area contributed by atoms with Crippen molar-refractivity contribution < 1.29 is 14.3 Å². The van der Waals surface area contributed by atoms with Crippen LogP contribution in [0.3, 0.4) is 0 Å². The maximum atomic E-state index is 11.6. The zero-order valence-corrected chi connectivity index (χ0v) is 8.50. The summed E-state index contributed by atoms with van der Waals surface area (Å²) in [6.45, 7) is 8.33. The molecular formula is C11H14O3. The molecule has 1 aliphatic rings. The molecule has 1 rings (SSSR count). The minimum Gasteiger partial charge on any atom is -0.490 e. The summed E-state index contributed by atoms with van der Waals surface area (Å²) in [6, 6.07) is 0. The highest BCUT2D eigenvalue weighted by atomic mass is 16.5. The van der Waals surface area contributed by atoms with Crippen molar-refractivity contribution in [3.63, 3.8) is 0 Å². The number of rotatable bonds is 4. The molecule has 0 aromatic rings. The standard InChI is InChI=1S/C11H14O3/c1-4-13-9-6-8(3)7-10(11(9)12)14-5-2/h6-7H,3-5H2,1-2H3. The van der Waals surface area contributed by atoms with Gasteiger partial charge in [0.15, 0.2) is 11.5 Å². The molecule has 0 saturated heterocycles. The second kappa shape index (κ2) is 4.65. The van der Waals surface area contributed by atoms with Crippen LogP contribution in [0.4, 0.5) is 0 Å². The van der Waals surface area contributed by atoms with Gasteiger partial charge in [-0.25, -0.2) is 0 Å². The van der Waals surface area contributed by atoms with Crippen LogP contribution in [0.5, 0.6) is 0 Å². The summed E-state index contributed by atoms with van der Waals surface area (Å²) in [5.74, 6) is 0.410. The minimum atomic E-state index is -0.207. The molecule has 0 spiro atoms. The van der Waals surface area contributed by atoms with Gasteiger partial charge in [-0.05, 0) is 31.6 Å². The fraction of sp³-hybridized carbons (Fsp3) is 0.364. The predicted molar refractivity (Wildman–Crippen MR) is 53.6 cm³/mol. The molecule has 14 heavy (non-hydrogen) atoms. The lowest BCUT2D eigenvalue weighted by Gasteiger charge is -2.15. The molecule has 76 valence electrons. The van der Waals surface area contributed by atoms with Crippen LogP contribution in [0.2, 0.25) is 0 Å². The number of allylic oxidation sites excluding steroid dienone is 3. The molecule has 3 nitrogen and oxygen atoms in total. The molecule has 0 bridgehead atoms. The highest BCUT2D eigenvalue weighted by molar-refractivity contribution is 6.07. The Hall–Kier alpha value is -1.51. The predicted octanol–water partition coefficient (Wildman–Crippen LogP) is 1.97. The van der Waals surface area contributed by atoms with E-state index in [9.17, 15) is 4.79 Å². The molecule has 0 aromatic heterocycles. The second-order valence-electron chi connectivity index (χ2n) is 2.79. The van der Waals surface area contributed by atoms with Crippen LogP contribution in [0, 0.1) is 0 Å². The first-order valence-corrected chi connectivity index (χ1v) is 4.61. The van der Waals surface area contributed by atoms with Gasteiger partial charge in [0.1, 0.15) is 0 Å². The molecule has 0 unspecified atom stereocenters. The van der Waals surface area contributed by atoms with Gasteiger partial charge in [0, 0.05) is 0 Å². The molecule has 0 atom stereocenters. The molecule has 0 aliphatic heterocycles. The first-order chi connectivity index (χ1) is 6.69. The van der Waals surface area contributed by atoms with Gasteiger partial charge in [0.25, 0.3) is 5.78 Å². The van der Waals surface area contributed by atoms with E-state index in [0.29, 0.717) is 24.7 Å². The van der Waals surface area contributed by atoms with E-state index in [2.05, 4.69) is 6.58 Å². The summed E-state index contributed by atoms with van der Waals surface area (Å²) in [7, 11) is 0. The third-order valence-electron chi connectivity index (χ3n) is 1.68. The zero-order chi connectivity index (χ0) is 10.6. The number of carbonyl (C=O) groups excluding carboxylic acids is 1. The van der Waals surface area contributed by atoms with Crippen LogP contribution in [0.25, 0.3) is 0 Å². The first kappa shape index (κ1) is 10.6. The Bertz CT molecular complexity index is 282. The van der Waals surface area contributed by atoms with Gasteiger partial charge in [0.05, 0.1) is 13.2 Å². The minimum absolute atomic E-state index is 0.207. The fourth-order valence-corrected chi connectivity index (χ4v) is 1.16. The van der Waals surface area contributed by atoms with Gasteiger partial charge in [0.2, 0.25) is 0 Å². The number of hydrogen-bond donors (Lipinski definition) is 0. The Kier molecular flexibility index (Phi) is 3.51. The Balaban J connectivity index is 2.83. The van der Waals surface area contributed by atoms with Crippen LogP contribution in [0.1, 0.15) is 13.8 Å². The smallest absolute Gasteiger partial charge is 0.262 e. The van der Waals surface area contributed by atoms with Crippen molar-refractivity contribution in [3.8, 4) is 0 Å². The molecular weight excluding hydrogens is 180 g/mol. The molecule has 0 aromatic carbocycles. The maximum Gasteiger partial charge on any atom is 0.262 e. The monoisotopic (exact) mass is 194 g/mol. The van der Waals surface area contributed by atoms with Crippen LogP contribution in [-0.2, 0) is 14.3 Å². The van der Waals surface area contributed by atoms with Crippen LogP contribution >= 0.6 is 0 Å². The van der Waals surface area contributed by atoms with Crippen molar-refractivity contribution in [1.82, 2.24) is 0 Å². The van der Waals surface area contributed by atoms with Crippen molar-refractivity contribution in [3.05, 3.63) is 35.8 Å². The third-order valence-corrected chi connectivity index (χ3v) is 1.68. The summed E-state index contributed by atoms with van der Waals surface area (Å²) in [5.41, 5.74) is 0.719. The first-order valence-electron chi connectivity index (χ1n) is 4.61. The van der Waals surface area contributed by atoms with Crippen LogP contribution < -0.4 is 0 Å². The Morgan fingerprint density at radius 2 is 1.57 bits per heavy atom. The zero-order valence-electron chi connectivity index (χ0n) is 8.50. The lowest BCUT2D eigenvalue weighted by atomic mass is 10.1. The highest BCUT2D eigenvalue weighted by Crippen LogP contribution is 2.19. The van der Waals surface area contributed by atoms with Crippen molar-refractivity contribution in [1.29, 1.82) is 0 Å². The number of carbonyl (C=O) groups is 1. The quantitative estimate of drug-likeness (QED) is 0.686. The van der Waals surface area contributed by atoms with Crippen LogP contribution in [0.15, 0.2) is 35.8 Å². The number of hydrogen-bond acceptors (Lipinski definition) is 3. The molecule has 0 radical (unpaired) electrons. The summed E-state index contributed by atoms with van der Waals surface area (Å²) in [6.07, 6.45) is 3.24. The molecule has 0 N–H and O–H groups in total. The lowest BCUT2D eigenvalue weighted by Crippen LogP contribution is -2.15. The van der Waals surface area contributed by atoms with Crippen molar-refractivity contribution in [2.75, 3.05) is 13.2 Å². The van der Waals surface area contributed by atoms with Crippen molar-refractivity contribution in [2.24, 2.45) is 0 Å². The number of ether oxygens (including phenoxy) is 2.